The molecule has 0 aliphatic heterocycles. The number of carboxylic acid groups (broad SMARTS) is 1. The molecule has 0 heterocycles. The molecule has 1 aromatic rings. The second-order valence-corrected chi connectivity index (χ2v) is 5.21. The van der Waals surface area contributed by atoms with Crippen molar-refractivity contribution in [2.75, 3.05) is 13.1 Å². The Morgan fingerprint density at radius 2 is 1.94 bits per heavy atom. The van der Waals surface area contributed by atoms with Crippen LogP contribution in [0.3, 0.4) is 0 Å². The van der Waals surface area contributed by atoms with Crippen molar-refractivity contribution >= 4 is 17.6 Å². The van der Waals surface area contributed by atoms with Gasteiger partial charge in [0.15, 0.2) is 0 Å². The first kappa shape index (κ1) is 15.0. The minimum absolute atomic E-state index is 0.144. The third kappa shape index (κ3) is 5.07. The molecular formula is C14H20ClNO2. The number of hydrogen-bond acceptors (Lipinski definition) is 2. The number of rotatable bonds is 7. The molecule has 0 amide bonds. The van der Waals surface area contributed by atoms with Gasteiger partial charge in [0.05, 0.1) is 5.92 Å². The molecule has 1 unspecified atom stereocenters. The zero-order valence-electron chi connectivity index (χ0n) is 10.8. The van der Waals surface area contributed by atoms with Gasteiger partial charge < -0.3 is 10.4 Å². The minimum Gasteiger partial charge on any atom is -0.481 e. The molecule has 0 aliphatic carbocycles. The molecular weight excluding hydrogens is 250 g/mol. The number of aliphatic carboxylic acids is 1. The summed E-state index contributed by atoms with van der Waals surface area (Å²) < 4.78 is 0. The standard InChI is InChI=1S/C14H20ClNO2/c1-10(2)13(14(17)18)9-16-8-7-11-3-5-12(15)6-4-11/h3-6,10,13,16H,7-9H2,1-2H3,(H,17,18). The fourth-order valence-corrected chi connectivity index (χ4v) is 1.88. The molecule has 0 bridgehead atoms. The Hall–Kier alpha value is -1.06. The van der Waals surface area contributed by atoms with E-state index in [9.17, 15) is 4.79 Å². The van der Waals surface area contributed by atoms with Gasteiger partial charge in [-0.15, -0.1) is 0 Å². The van der Waals surface area contributed by atoms with E-state index >= 15 is 0 Å². The summed E-state index contributed by atoms with van der Waals surface area (Å²) >= 11 is 5.80. The van der Waals surface area contributed by atoms with E-state index in [0.717, 1.165) is 18.0 Å². The molecule has 1 atom stereocenters. The second-order valence-electron chi connectivity index (χ2n) is 4.77. The van der Waals surface area contributed by atoms with Gasteiger partial charge in [0.2, 0.25) is 0 Å². The van der Waals surface area contributed by atoms with E-state index in [0.29, 0.717) is 6.54 Å². The lowest BCUT2D eigenvalue weighted by atomic mass is 9.96. The van der Waals surface area contributed by atoms with Gasteiger partial charge in [0.25, 0.3) is 0 Å². The van der Waals surface area contributed by atoms with Crippen molar-refractivity contribution in [1.29, 1.82) is 0 Å². The van der Waals surface area contributed by atoms with Gasteiger partial charge in [-0.25, -0.2) is 0 Å². The Morgan fingerprint density at radius 3 is 2.44 bits per heavy atom. The number of benzene rings is 1. The summed E-state index contributed by atoms with van der Waals surface area (Å²) in [5, 5.41) is 13.0. The van der Waals surface area contributed by atoms with Crippen molar-refractivity contribution < 1.29 is 9.90 Å². The lowest BCUT2D eigenvalue weighted by Crippen LogP contribution is -2.33. The van der Waals surface area contributed by atoms with Crippen LogP contribution in [0.25, 0.3) is 0 Å². The molecule has 0 fully saturated rings. The Labute approximate surface area is 113 Å². The topological polar surface area (TPSA) is 49.3 Å². The van der Waals surface area contributed by atoms with Gasteiger partial charge >= 0.3 is 5.97 Å². The van der Waals surface area contributed by atoms with Crippen LogP contribution in [-0.4, -0.2) is 24.2 Å². The fourth-order valence-electron chi connectivity index (χ4n) is 1.75. The molecule has 0 saturated heterocycles. The van der Waals surface area contributed by atoms with Crippen molar-refractivity contribution in [3.63, 3.8) is 0 Å². The number of hydrogen-bond donors (Lipinski definition) is 2. The van der Waals surface area contributed by atoms with Crippen LogP contribution in [0.5, 0.6) is 0 Å². The smallest absolute Gasteiger partial charge is 0.308 e. The van der Waals surface area contributed by atoms with Gasteiger partial charge in [-0.2, -0.15) is 0 Å². The Kier molecular flexibility index (Phi) is 6.16. The molecule has 100 valence electrons. The summed E-state index contributed by atoms with van der Waals surface area (Å²) in [6.07, 6.45) is 0.877. The number of nitrogens with one attached hydrogen (secondary N) is 1. The summed E-state index contributed by atoms with van der Waals surface area (Å²) in [4.78, 5) is 11.0. The zero-order valence-corrected chi connectivity index (χ0v) is 11.6. The predicted molar refractivity (Wildman–Crippen MR) is 74.0 cm³/mol. The maximum atomic E-state index is 11.0. The first-order valence-corrected chi connectivity index (χ1v) is 6.56. The molecule has 0 spiro atoms. The molecule has 1 rings (SSSR count). The second kappa shape index (κ2) is 7.39. The van der Waals surface area contributed by atoms with Crippen LogP contribution < -0.4 is 5.32 Å². The minimum atomic E-state index is -0.732. The lowest BCUT2D eigenvalue weighted by Gasteiger charge is -2.16. The third-order valence-electron chi connectivity index (χ3n) is 2.99. The number of carbonyl (C=O) groups is 1. The van der Waals surface area contributed by atoms with Crippen molar-refractivity contribution in [3.05, 3.63) is 34.9 Å². The van der Waals surface area contributed by atoms with Crippen molar-refractivity contribution in [2.45, 2.75) is 20.3 Å². The van der Waals surface area contributed by atoms with Crippen LogP contribution in [0.2, 0.25) is 5.02 Å². The van der Waals surface area contributed by atoms with Gasteiger partial charge in [0, 0.05) is 11.6 Å². The molecule has 4 heteroatoms. The maximum absolute atomic E-state index is 11.0. The van der Waals surface area contributed by atoms with E-state index in [1.807, 2.05) is 38.1 Å². The van der Waals surface area contributed by atoms with Crippen LogP contribution in [0, 0.1) is 11.8 Å². The molecule has 0 saturated carbocycles. The summed E-state index contributed by atoms with van der Waals surface area (Å²) in [6.45, 7) is 5.15. The van der Waals surface area contributed by atoms with Gasteiger partial charge in [0.1, 0.15) is 0 Å². The van der Waals surface area contributed by atoms with E-state index in [-0.39, 0.29) is 11.8 Å². The summed E-state index contributed by atoms with van der Waals surface area (Å²) in [5.41, 5.74) is 1.20. The van der Waals surface area contributed by atoms with Gasteiger partial charge in [-0.1, -0.05) is 37.6 Å². The average molecular weight is 270 g/mol. The van der Waals surface area contributed by atoms with Gasteiger partial charge in [-0.05, 0) is 36.6 Å². The molecule has 0 radical (unpaired) electrons. The van der Waals surface area contributed by atoms with Crippen LogP contribution in [0.4, 0.5) is 0 Å². The van der Waals surface area contributed by atoms with Crippen LogP contribution in [0.1, 0.15) is 19.4 Å². The summed E-state index contributed by atoms with van der Waals surface area (Å²) in [5.74, 6) is -0.912. The lowest BCUT2D eigenvalue weighted by molar-refractivity contribution is -0.143. The zero-order chi connectivity index (χ0) is 13.5. The van der Waals surface area contributed by atoms with E-state index in [1.165, 1.54) is 5.56 Å². The quantitative estimate of drug-likeness (QED) is 0.749. The summed E-state index contributed by atoms with van der Waals surface area (Å²) in [6, 6.07) is 7.71. The highest BCUT2D eigenvalue weighted by atomic mass is 35.5. The normalized spacial score (nSPS) is 12.7. The highest BCUT2D eigenvalue weighted by Gasteiger charge is 2.20. The first-order valence-electron chi connectivity index (χ1n) is 6.18. The largest absolute Gasteiger partial charge is 0.481 e. The fraction of sp³-hybridized carbons (Fsp3) is 0.500. The molecule has 3 nitrogen and oxygen atoms in total. The SMILES string of the molecule is CC(C)C(CNCCc1ccc(Cl)cc1)C(=O)O. The van der Waals surface area contributed by atoms with Crippen molar-refractivity contribution in [2.24, 2.45) is 11.8 Å². The first-order chi connectivity index (χ1) is 8.50. The number of halogens is 1. The average Bonchev–Trinajstić information content (AvgIpc) is 2.30. The van der Waals surface area contributed by atoms with E-state index in [1.54, 1.807) is 0 Å². The molecule has 0 aliphatic rings. The van der Waals surface area contributed by atoms with Crippen LogP contribution in [-0.2, 0) is 11.2 Å². The van der Waals surface area contributed by atoms with E-state index in [2.05, 4.69) is 5.32 Å². The molecule has 18 heavy (non-hydrogen) atoms. The monoisotopic (exact) mass is 269 g/mol. The van der Waals surface area contributed by atoms with Crippen LogP contribution in [0.15, 0.2) is 24.3 Å². The Morgan fingerprint density at radius 1 is 1.33 bits per heavy atom. The highest BCUT2D eigenvalue weighted by molar-refractivity contribution is 6.30. The van der Waals surface area contributed by atoms with E-state index < -0.39 is 5.97 Å². The molecule has 0 aromatic heterocycles. The van der Waals surface area contributed by atoms with Crippen LogP contribution >= 0.6 is 11.6 Å². The van der Waals surface area contributed by atoms with Gasteiger partial charge in [-0.3, -0.25) is 4.79 Å². The van der Waals surface area contributed by atoms with E-state index in [4.69, 9.17) is 16.7 Å². The van der Waals surface area contributed by atoms with Crippen molar-refractivity contribution in [3.8, 4) is 0 Å². The maximum Gasteiger partial charge on any atom is 0.308 e. The molecule has 1 aromatic carbocycles. The summed E-state index contributed by atoms with van der Waals surface area (Å²) in [7, 11) is 0. The van der Waals surface area contributed by atoms with Crippen molar-refractivity contribution in [1.82, 2.24) is 5.32 Å². The highest BCUT2D eigenvalue weighted by Crippen LogP contribution is 2.11. The number of carboxylic acids is 1. The molecule has 2 N–H and O–H groups in total. The third-order valence-corrected chi connectivity index (χ3v) is 3.24. The predicted octanol–water partition coefficient (Wildman–Crippen LogP) is 2.83. The Bertz CT molecular complexity index is 376. The Balaban J connectivity index is 2.29.